The number of para-hydroxylation sites is 1. The van der Waals surface area contributed by atoms with E-state index in [0.717, 1.165) is 27.9 Å². The summed E-state index contributed by atoms with van der Waals surface area (Å²) in [4.78, 5) is 13.3. The van der Waals surface area contributed by atoms with Gasteiger partial charge in [-0.15, -0.1) is 0 Å². The van der Waals surface area contributed by atoms with Crippen LogP contribution in [0.3, 0.4) is 0 Å². The predicted octanol–water partition coefficient (Wildman–Crippen LogP) is 5.57. The quantitative estimate of drug-likeness (QED) is 0.512. The zero-order valence-corrected chi connectivity index (χ0v) is 20.0. The first-order chi connectivity index (χ1) is 15.1. The number of sulfonamides is 1. The summed E-state index contributed by atoms with van der Waals surface area (Å²) < 4.78 is 28.2. The Bertz CT molecular complexity index is 1200. The molecule has 0 unspecified atom stereocenters. The zero-order chi connectivity index (χ0) is 23.5. The van der Waals surface area contributed by atoms with Crippen LogP contribution in [-0.2, 0) is 14.8 Å². The molecule has 3 aromatic rings. The summed E-state index contributed by atoms with van der Waals surface area (Å²) in [5.74, 6) is -0.173. The number of anilines is 2. The molecule has 1 amide bonds. The Morgan fingerprint density at radius 3 is 2.12 bits per heavy atom. The van der Waals surface area contributed by atoms with E-state index in [-0.39, 0.29) is 23.3 Å². The van der Waals surface area contributed by atoms with Gasteiger partial charge in [0.05, 0.1) is 10.6 Å². The van der Waals surface area contributed by atoms with Gasteiger partial charge >= 0.3 is 0 Å². The van der Waals surface area contributed by atoms with E-state index in [1.54, 1.807) is 42.5 Å². The largest absolute Gasteiger partial charge is 0.324 e. The van der Waals surface area contributed by atoms with Crippen LogP contribution in [0.15, 0.2) is 71.6 Å². The summed E-state index contributed by atoms with van der Waals surface area (Å²) in [5.41, 5.74) is 5.01. The smallest absolute Gasteiger partial charge is 0.264 e. The molecule has 0 aliphatic heterocycles. The van der Waals surface area contributed by atoms with Crippen molar-refractivity contribution < 1.29 is 13.2 Å². The van der Waals surface area contributed by atoms with Crippen molar-refractivity contribution >= 4 is 27.3 Å². The van der Waals surface area contributed by atoms with Crippen LogP contribution in [-0.4, -0.2) is 20.9 Å². The molecule has 168 valence electrons. The molecule has 5 nitrogen and oxygen atoms in total. The van der Waals surface area contributed by atoms with Gasteiger partial charge in [0.25, 0.3) is 10.0 Å². The van der Waals surface area contributed by atoms with E-state index in [2.05, 4.69) is 19.2 Å². The second-order valence-corrected chi connectivity index (χ2v) is 10.3. The Morgan fingerprint density at radius 2 is 1.53 bits per heavy atom. The molecule has 0 heterocycles. The SMILES string of the molecule is Cc1cc(C)cc(N(CC(=O)Nc2c(C)cccc2C(C)C)S(=O)(=O)c2ccccc2)c1. The molecule has 1 N–H and O–H groups in total. The van der Waals surface area contributed by atoms with Crippen molar-refractivity contribution in [2.45, 2.75) is 45.4 Å². The van der Waals surface area contributed by atoms with Crippen molar-refractivity contribution in [3.8, 4) is 0 Å². The summed E-state index contributed by atoms with van der Waals surface area (Å²) in [6.07, 6.45) is 0. The van der Waals surface area contributed by atoms with Gasteiger partial charge < -0.3 is 5.32 Å². The third kappa shape index (κ3) is 5.19. The van der Waals surface area contributed by atoms with E-state index in [1.165, 1.54) is 4.31 Å². The molecule has 0 bridgehead atoms. The lowest BCUT2D eigenvalue weighted by Crippen LogP contribution is -2.38. The van der Waals surface area contributed by atoms with Crippen molar-refractivity contribution in [2.24, 2.45) is 0 Å². The summed E-state index contributed by atoms with van der Waals surface area (Å²) in [5, 5.41) is 2.97. The van der Waals surface area contributed by atoms with Crippen molar-refractivity contribution in [3.05, 3.63) is 89.0 Å². The first-order valence-electron chi connectivity index (χ1n) is 10.6. The number of aryl methyl sites for hydroxylation is 3. The van der Waals surface area contributed by atoms with Crippen LogP contribution in [0.5, 0.6) is 0 Å². The first-order valence-corrected chi connectivity index (χ1v) is 12.1. The van der Waals surface area contributed by atoms with Gasteiger partial charge in [0.1, 0.15) is 6.54 Å². The van der Waals surface area contributed by atoms with Crippen LogP contribution < -0.4 is 9.62 Å². The first kappa shape index (κ1) is 23.5. The van der Waals surface area contributed by atoms with Crippen LogP contribution in [0.1, 0.15) is 42.0 Å². The number of nitrogens with one attached hydrogen (secondary N) is 1. The average molecular weight is 451 g/mol. The molecule has 0 saturated carbocycles. The molecule has 6 heteroatoms. The van der Waals surface area contributed by atoms with E-state index < -0.39 is 10.0 Å². The topological polar surface area (TPSA) is 66.5 Å². The summed E-state index contributed by atoms with van der Waals surface area (Å²) in [6, 6.07) is 19.6. The van der Waals surface area contributed by atoms with Crippen LogP contribution in [0, 0.1) is 20.8 Å². The molecule has 0 aliphatic rings. The summed E-state index contributed by atoms with van der Waals surface area (Å²) >= 11 is 0. The van der Waals surface area contributed by atoms with Gasteiger partial charge in [-0.25, -0.2) is 8.42 Å². The highest BCUT2D eigenvalue weighted by Gasteiger charge is 2.28. The van der Waals surface area contributed by atoms with Crippen LogP contribution in [0.4, 0.5) is 11.4 Å². The molecule has 0 spiro atoms. The van der Waals surface area contributed by atoms with E-state index in [4.69, 9.17) is 0 Å². The normalized spacial score (nSPS) is 11.4. The Balaban J connectivity index is 2.01. The number of rotatable bonds is 7. The number of carbonyl (C=O) groups excluding carboxylic acids is 1. The lowest BCUT2D eigenvalue weighted by atomic mass is 9.98. The number of nitrogens with zero attached hydrogens (tertiary/aromatic N) is 1. The third-order valence-electron chi connectivity index (χ3n) is 5.30. The van der Waals surface area contributed by atoms with Crippen molar-refractivity contribution in [3.63, 3.8) is 0 Å². The lowest BCUT2D eigenvalue weighted by molar-refractivity contribution is -0.114. The molecule has 3 aromatic carbocycles. The van der Waals surface area contributed by atoms with Crippen LogP contribution in [0.2, 0.25) is 0 Å². The third-order valence-corrected chi connectivity index (χ3v) is 7.09. The maximum absolute atomic E-state index is 13.5. The molecule has 0 fully saturated rings. The minimum Gasteiger partial charge on any atom is -0.324 e. The van der Waals surface area contributed by atoms with Gasteiger partial charge in [0.2, 0.25) is 5.91 Å². The van der Waals surface area contributed by atoms with E-state index in [1.807, 2.05) is 45.0 Å². The minimum atomic E-state index is -3.94. The number of benzene rings is 3. The Hall–Kier alpha value is -3.12. The number of hydrogen-bond donors (Lipinski definition) is 1. The highest BCUT2D eigenvalue weighted by molar-refractivity contribution is 7.92. The van der Waals surface area contributed by atoms with Crippen molar-refractivity contribution in [2.75, 3.05) is 16.2 Å². The molecular formula is C26H30N2O3S. The van der Waals surface area contributed by atoms with E-state index in [0.29, 0.717) is 5.69 Å². The van der Waals surface area contributed by atoms with Crippen molar-refractivity contribution in [1.29, 1.82) is 0 Å². The Kier molecular flexibility index (Phi) is 7.04. The fourth-order valence-electron chi connectivity index (χ4n) is 3.78. The van der Waals surface area contributed by atoms with Gasteiger partial charge in [-0.3, -0.25) is 9.10 Å². The van der Waals surface area contributed by atoms with E-state index >= 15 is 0 Å². The predicted molar refractivity (Wildman–Crippen MR) is 131 cm³/mol. The maximum Gasteiger partial charge on any atom is 0.264 e. The summed E-state index contributed by atoms with van der Waals surface area (Å²) in [7, 11) is -3.94. The zero-order valence-electron chi connectivity index (χ0n) is 19.2. The van der Waals surface area contributed by atoms with Gasteiger partial charge in [0.15, 0.2) is 0 Å². The van der Waals surface area contributed by atoms with Crippen LogP contribution >= 0.6 is 0 Å². The molecule has 3 rings (SSSR count). The standard InChI is InChI=1S/C26H30N2O3S/c1-18(2)24-13-9-10-21(5)26(24)27-25(29)17-28(22-15-19(3)14-20(4)16-22)32(30,31)23-11-7-6-8-12-23/h6-16,18H,17H2,1-5H3,(H,27,29). The molecular weight excluding hydrogens is 420 g/mol. The van der Waals surface area contributed by atoms with Crippen LogP contribution in [0.25, 0.3) is 0 Å². The molecule has 0 atom stereocenters. The minimum absolute atomic E-state index is 0.144. The average Bonchev–Trinajstić information content (AvgIpc) is 2.73. The fourth-order valence-corrected chi connectivity index (χ4v) is 5.21. The number of amides is 1. The van der Waals surface area contributed by atoms with Gasteiger partial charge in [0, 0.05) is 5.69 Å². The van der Waals surface area contributed by atoms with Gasteiger partial charge in [-0.1, -0.05) is 56.3 Å². The second kappa shape index (κ2) is 9.57. The molecule has 32 heavy (non-hydrogen) atoms. The molecule has 0 radical (unpaired) electrons. The van der Waals surface area contributed by atoms with Gasteiger partial charge in [-0.2, -0.15) is 0 Å². The Labute approximate surface area is 191 Å². The van der Waals surface area contributed by atoms with Crippen molar-refractivity contribution in [1.82, 2.24) is 0 Å². The molecule has 0 aromatic heterocycles. The number of hydrogen-bond acceptors (Lipinski definition) is 3. The number of carbonyl (C=O) groups is 1. The molecule has 0 aliphatic carbocycles. The Morgan fingerprint density at radius 1 is 0.906 bits per heavy atom. The van der Waals surface area contributed by atoms with E-state index in [9.17, 15) is 13.2 Å². The maximum atomic E-state index is 13.5. The highest BCUT2D eigenvalue weighted by Crippen LogP contribution is 2.29. The second-order valence-electron chi connectivity index (χ2n) is 8.41. The summed E-state index contributed by atoms with van der Waals surface area (Å²) in [6.45, 7) is 9.55. The lowest BCUT2D eigenvalue weighted by Gasteiger charge is -2.25. The molecule has 0 saturated heterocycles. The fraction of sp³-hybridized carbons (Fsp3) is 0.269. The van der Waals surface area contributed by atoms with Gasteiger partial charge in [-0.05, 0) is 73.2 Å². The monoisotopic (exact) mass is 450 g/mol. The highest BCUT2D eigenvalue weighted by atomic mass is 32.2.